The standard InChI is InChI=1S/C14H17NO2/c16-13-7-4-8-14-15(13)12(10-17-14)9-11-5-2-1-3-6-11/h1-3,5-6,12,14H,4,7-10H2/t12-,14-/m0/s1. The van der Waals surface area contributed by atoms with Crippen LogP contribution in [0, 0.1) is 0 Å². The van der Waals surface area contributed by atoms with E-state index in [-0.39, 0.29) is 18.2 Å². The number of hydrogen-bond donors (Lipinski definition) is 0. The molecule has 1 aromatic rings. The van der Waals surface area contributed by atoms with Crippen molar-refractivity contribution < 1.29 is 9.53 Å². The Morgan fingerprint density at radius 1 is 1.29 bits per heavy atom. The van der Waals surface area contributed by atoms with Gasteiger partial charge in [-0.15, -0.1) is 0 Å². The number of ether oxygens (including phenoxy) is 1. The van der Waals surface area contributed by atoms with E-state index in [1.807, 2.05) is 23.1 Å². The number of benzene rings is 1. The van der Waals surface area contributed by atoms with Gasteiger partial charge >= 0.3 is 0 Å². The third kappa shape index (κ3) is 2.07. The summed E-state index contributed by atoms with van der Waals surface area (Å²) in [5.74, 6) is 0.264. The Labute approximate surface area is 101 Å². The lowest BCUT2D eigenvalue weighted by Crippen LogP contribution is -2.45. The molecule has 2 aliphatic heterocycles. The van der Waals surface area contributed by atoms with Crippen molar-refractivity contribution in [1.29, 1.82) is 0 Å². The van der Waals surface area contributed by atoms with Gasteiger partial charge in [0.1, 0.15) is 6.23 Å². The van der Waals surface area contributed by atoms with Crippen molar-refractivity contribution in [1.82, 2.24) is 4.90 Å². The Balaban J connectivity index is 1.74. The van der Waals surface area contributed by atoms with E-state index >= 15 is 0 Å². The van der Waals surface area contributed by atoms with Crippen LogP contribution in [0.15, 0.2) is 30.3 Å². The van der Waals surface area contributed by atoms with Gasteiger partial charge in [0.2, 0.25) is 5.91 Å². The van der Waals surface area contributed by atoms with E-state index in [9.17, 15) is 4.79 Å². The van der Waals surface area contributed by atoms with Gasteiger partial charge in [-0.05, 0) is 24.8 Å². The lowest BCUT2D eigenvalue weighted by Gasteiger charge is -2.32. The minimum absolute atomic E-state index is 0.0463. The number of nitrogens with zero attached hydrogens (tertiary/aromatic N) is 1. The van der Waals surface area contributed by atoms with E-state index in [0.717, 1.165) is 19.3 Å². The van der Waals surface area contributed by atoms with Crippen molar-refractivity contribution in [2.45, 2.75) is 38.0 Å². The van der Waals surface area contributed by atoms with Gasteiger partial charge in [-0.1, -0.05) is 30.3 Å². The van der Waals surface area contributed by atoms with Gasteiger partial charge in [0.05, 0.1) is 12.6 Å². The Morgan fingerprint density at radius 2 is 2.12 bits per heavy atom. The van der Waals surface area contributed by atoms with Crippen LogP contribution in [0.3, 0.4) is 0 Å². The quantitative estimate of drug-likeness (QED) is 0.778. The maximum absolute atomic E-state index is 11.9. The second-order valence-corrected chi connectivity index (χ2v) is 4.82. The predicted molar refractivity (Wildman–Crippen MR) is 64.4 cm³/mol. The average molecular weight is 231 g/mol. The Kier molecular flexibility index (Phi) is 2.85. The zero-order valence-corrected chi connectivity index (χ0v) is 9.84. The normalized spacial score (nSPS) is 28.2. The van der Waals surface area contributed by atoms with Crippen LogP contribution in [0.2, 0.25) is 0 Å². The molecule has 0 aliphatic carbocycles. The molecule has 3 rings (SSSR count). The van der Waals surface area contributed by atoms with E-state index < -0.39 is 0 Å². The van der Waals surface area contributed by atoms with E-state index in [1.165, 1.54) is 5.56 Å². The molecule has 0 aromatic heterocycles. The molecule has 2 atom stereocenters. The fourth-order valence-corrected chi connectivity index (χ4v) is 2.80. The first-order valence-electron chi connectivity index (χ1n) is 6.31. The van der Waals surface area contributed by atoms with Gasteiger partial charge in [0.15, 0.2) is 0 Å². The molecule has 0 N–H and O–H groups in total. The zero-order chi connectivity index (χ0) is 11.7. The smallest absolute Gasteiger partial charge is 0.224 e. The molecule has 0 saturated carbocycles. The molecular weight excluding hydrogens is 214 g/mol. The first-order valence-corrected chi connectivity index (χ1v) is 6.31. The largest absolute Gasteiger partial charge is 0.356 e. The topological polar surface area (TPSA) is 29.5 Å². The van der Waals surface area contributed by atoms with Gasteiger partial charge in [-0.2, -0.15) is 0 Å². The number of fused-ring (bicyclic) bond motifs is 1. The van der Waals surface area contributed by atoms with Crippen molar-refractivity contribution in [3.63, 3.8) is 0 Å². The summed E-state index contributed by atoms with van der Waals surface area (Å²) < 4.78 is 5.72. The van der Waals surface area contributed by atoms with Gasteiger partial charge in [0, 0.05) is 6.42 Å². The van der Waals surface area contributed by atoms with E-state index in [2.05, 4.69) is 12.1 Å². The second-order valence-electron chi connectivity index (χ2n) is 4.82. The summed E-state index contributed by atoms with van der Waals surface area (Å²) in [7, 11) is 0. The summed E-state index contributed by atoms with van der Waals surface area (Å²) in [5.41, 5.74) is 1.28. The molecule has 2 saturated heterocycles. The van der Waals surface area contributed by atoms with Crippen LogP contribution >= 0.6 is 0 Å². The molecule has 0 unspecified atom stereocenters. The van der Waals surface area contributed by atoms with Crippen molar-refractivity contribution >= 4 is 5.91 Å². The summed E-state index contributed by atoms with van der Waals surface area (Å²) in [4.78, 5) is 13.9. The van der Waals surface area contributed by atoms with Gasteiger partial charge in [-0.3, -0.25) is 4.79 Å². The maximum atomic E-state index is 11.9. The van der Waals surface area contributed by atoms with Crippen molar-refractivity contribution in [3.8, 4) is 0 Å². The molecule has 90 valence electrons. The third-order valence-electron chi connectivity index (χ3n) is 3.63. The van der Waals surface area contributed by atoms with Crippen molar-refractivity contribution in [2.24, 2.45) is 0 Å². The highest BCUT2D eigenvalue weighted by atomic mass is 16.5. The monoisotopic (exact) mass is 231 g/mol. The molecule has 17 heavy (non-hydrogen) atoms. The minimum Gasteiger partial charge on any atom is -0.356 e. The number of carbonyl (C=O) groups is 1. The number of carbonyl (C=O) groups excluding carboxylic acids is 1. The lowest BCUT2D eigenvalue weighted by molar-refractivity contribution is -0.142. The summed E-state index contributed by atoms with van der Waals surface area (Å²) in [6.45, 7) is 0.686. The Hall–Kier alpha value is -1.35. The van der Waals surface area contributed by atoms with Gasteiger partial charge in [-0.25, -0.2) is 0 Å². The highest BCUT2D eigenvalue weighted by Crippen LogP contribution is 2.28. The maximum Gasteiger partial charge on any atom is 0.224 e. The van der Waals surface area contributed by atoms with Crippen LogP contribution in [-0.4, -0.2) is 29.7 Å². The molecule has 2 fully saturated rings. The molecule has 3 nitrogen and oxygen atoms in total. The Bertz CT molecular complexity index is 404. The van der Waals surface area contributed by atoms with Crippen LogP contribution < -0.4 is 0 Å². The predicted octanol–water partition coefficient (Wildman–Crippen LogP) is 1.97. The first kappa shape index (κ1) is 10.8. The molecule has 0 spiro atoms. The molecule has 3 heteroatoms. The second kappa shape index (κ2) is 4.49. The average Bonchev–Trinajstić information content (AvgIpc) is 2.75. The summed E-state index contributed by atoms with van der Waals surface area (Å²) in [5, 5.41) is 0. The Morgan fingerprint density at radius 3 is 2.94 bits per heavy atom. The minimum atomic E-state index is 0.0463. The van der Waals surface area contributed by atoms with Crippen molar-refractivity contribution in [2.75, 3.05) is 6.61 Å². The highest BCUT2D eigenvalue weighted by molar-refractivity contribution is 5.77. The van der Waals surface area contributed by atoms with Gasteiger partial charge in [0.25, 0.3) is 0 Å². The fourth-order valence-electron chi connectivity index (χ4n) is 2.80. The first-order chi connectivity index (χ1) is 8.34. The molecular formula is C14H17NO2. The summed E-state index contributed by atoms with van der Waals surface area (Å²) >= 11 is 0. The van der Waals surface area contributed by atoms with Crippen LogP contribution in [0.1, 0.15) is 24.8 Å². The fraction of sp³-hybridized carbons (Fsp3) is 0.500. The number of amides is 1. The molecule has 1 amide bonds. The summed E-state index contributed by atoms with van der Waals surface area (Å²) in [6.07, 6.45) is 3.61. The van der Waals surface area contributed by atoms with E-state index in [1.54, 1.807) is 0 Å². The van der Waals surface area contributed by atoms with E-state index in [0.29, 0.717) is 13.0 Å². The lowest BCUT2D eigenvalue weighted by atomic mass is 10.0. The van der Waals surface area contributed by atoms with Gasteiger partial charge < -0.3 is 9.64 Å². The van der Waals surface area contributed by atoms with Crippen LogP contribution in [0.25, 0.3) is 0 Å². The third-order valence-corrected chi connectivity index (χ3v) is 3.63. The van der Waals surface area contributed by atoms with E-state index in [4.69, 9.17) is 4.74 Å². The molecule has 2 heterocycles. The molecule has 0 radical (unpaired) electrons. The number of piperidine rings is 1. The van der Waals surface area contributed by atoms with Crippen LogP contribution in [0.5, 0.6) is 0 Å². The molecule has 1 aromatic carbocycles. The number of hydrogen-bond acceptors (Lipinski definition) is 2. The molecule has 0 bridgehead atoms. The van der Waals surface area contributed by atoms with Crippen LogP contribution in [-0.2, 0) is 16.0 Å². The van der Waals surface area contributed by atoms with Crippen LogP contribution in [0.4, 0.5) is 0 Å². The zero-order valence-electron chi connectivity index (χ0n) is 9.84. The molecule has 2 aliphatic rings. The van der Waals surface area contributed by atoms with Crippen molar-refractivity contribution in [3.05, 3.63) is 35.9 Å². The highest BCUT2D eigenvalue weighted by Gasteiger charge is 2.39. The summed E-state index contributed by atoms with van der Waals surface area (Å²) in [6, 6.07) is 10.6. The SMILES string of the molecule is O=C1CCC[C@@H]2OC[C@H](Cc3ccccc3)N12. The number of rotatable bonds is 2.